The number of hydrogen-bond donors (Lipinski definition) is 1. The van der Waals surface area contributed by atoms with Crippen molar-refractivity contribution in [3.8, 4) is 22.8 Å². The maximum absolute atomic E-state index is 13.1. The van der Waals surface area contributed by atoms with Gasteiger partial charge in [-0.25, -0.2) is 4.98 Å². The molecule has 1 heterocycles. The Kier molecular flexibility index (Phi) is 7.11. The van der Waals surface area contributed by atoms with Crippen molar-refractivity contribution in [3.05, 3.63) is 103 Å². The first kappa shape index (κ1) is 25.2. The van der Waals surface area contributed by atoms with Crippen molar-refractivity contribution in [3.63, 3.8) is 0 Å². The third kappa shape index (κ3) is 6.05. The summed E-state index contributed by atoms with van der Waals surface area (Å²) in [5.41, 5.74) is 1.21. The number of rotatable bonds is 8. The Morgan fingerprint density at radius 3 is 2.16 bits per heavy atom. The van der Waals surface area contributed by atoms with E-state index in [9.17, 15) is 33.4 Å². The monoisotopic (exact) mass is 529 g/mol. The molecule has 0 aliphatic rings. The average molecular weight is 529 g/mol. The van der Waals surface area contributed by atoms with Crippen molar-refractivity contribution in [2.24, 2.45) is 5.10 Å². The molecule has 10 nitrogen and oxygen atoms in total. The lowest BCUT2D eigenvalue weighted by molar-refractivity contribution is -0.396. The molecule has 3 aromatic carbocycles. The Hall–Kier alpha value is -4.85. The quantitative estimate of drug-likeness (QED) is 0.149. The van der Waals surface area contributed by atoms with Gasteiger partial charge in [0.2, 0.25) is 5.13 Å². The second-order valence-electron chi connectivity index (χ2n) is 7.30. The molecular formula is C23H14F3N5O5S. The fourth-order valence-corrected chi connectivity index (χ4v) is 3.77. The minimum Gasteiger partial charge on any atom is -0.444 e. The summed E-state index contributed by atoms with van der Waals surface area (Å²) >= 11 is 1.36. The Morgan fingerprint density at radius 2 is 1.59 bits per heavy atom. The van der Waals surface area contributed by atoms with E-state index < -0.39 is 38.7 Å². The first-order chi connectivity index (χ1) is 17.6. The number of nitro benzene ring substituents is 2. The van der Waals surface area contributed by atoms with Gasteiger partial charge in [-0.2, -0.15) is 18.3 Å². The van der Waals surface area contributed by atoms with Gasteiger partial charge in [0.25, 0.3) is 5.75 Å². The number of hydrogen-bond acceptors (Lipinski definition) is 9. The zero-order chi connectivity index (χ0) is 26.6. The minimum atomic E-state index is -5.02. The number of halogens is 3. The molecule has 4 rings (SSSR count). The zero-order valence-electron chi connectivity index (χ0n) is 18.4. The van der Waals surface area contributed by atoms with E-state index in [0.717, 1.165) is 11.3 Å². The van der Waals surface area contributed by atoms with E-state index in [2.05, 4.69) is 15.5 Å². The van der Waals surface area contributed by atoms with Crippen LogP contribution in [0.5, 0.6) is 11.5 Å². The molecule has 0 unspecified atom stereocenters. The summed E-state index contributed by atoms with van der Waals surface area (Å²) in [7, 11) is 0. The lowest BCUT2D eigenvalue weighted by Gasteiger charge is -2.11. The average Bonchev–Trinajstić information content (AvgIpc) is 3.33. The van der Waals surface area contributed by atoms with Crippen LogP contribution in [0.1, 0.15) is 11.1 Å². The van der Waals surface area contributed by atoms with E-state index in [1.54, 1.807) is 0 Å². The Balaban J connectivity index is 1.49. The summed E-state index contributed by atoms with van der Waals surface area (Å²) in [6.07, 6.45) is -3.57. The number of anilines is 1. The SMILES string of the molecule is O=[N+]([O-])c1cc(C(F)(F)F)cc([N+](=O)[O-])c1Oc1ccc(C=NNc2nc(-c3ccccc3)cs2)cc1. The molecule has 0 saturated heterocycles. The van der Waals surface area contributed by atoms with Crippen LogP contribution < -0.4 is 10.2 Å². The first-order valence-corrected chi connectivity index (χ1v) is 11.1. The molecule has 1 aromatic heterocycles. The lowest BCUT2D eigenvalue weighted by Crippen LogP contribution is -2.08. The second-order valence-corrected chi connectivity index (χ2v) is 8.16. The molecule has 0 spiro atoms. The van der Waals surface area contributed by atoms with Gasteiger partial charge >= 0.3 is 17.6 Å². The molecule has 0 radical (unpaired) electrons. The number of thiazole rings is 1. The molecule has 0 saturated carbocycles. The molecule has 0 amide bonds. The predicted octanol–water partition coefficient (Wildman–Crippen LogP) is 6.88. The van der Waals surface area contributed by atoms with Crippen molar-refractivity contribution < 1.29 is 27.8 Å². The molecule has 0 bridgehead atoms. The highest BCUT2D eigenvalue weighted by molar-refractivity contribution is 7.14. The van der Waals surface area contributed by atoms with E-state index in [1.807, 2.05) is 35.7 Å². The van der Waals surface area contributed by atoms with Crippen LogP contribution in [0.3, 0.4) is 0 Å². The van der Waals surface area contributed by atoms with Crippen molar-refractivity contribution in [1.29, 1.82) is 0 Å². The van der Waals surface area contributed by atoms with Gasteiger partial charge in [0, 0.05) is 23.1 Å². The van der Waals surface area contributed by atoms with Crippen LogP contribution in [-0.4, -0.2) is 21.0 Å². The predicted molar refractivity (Wildman–Crippen MR) is 130 cm³/mol. The molecule has 0 atom stereocenters. The number of benzene rings is 3. The van der Waals surface area contributed by atoms with Gasteiger partial charge in [0.15, 0.2) is 0 Å². The van der Waals surface area contributed by atoms with E-state index in [1.165, 1.54) is 41.8 Å². The van der Waals surface area contributed by atoms with Crippen LogP contribution >= 0.6 is 11.3 Å². The number of hydrazone groups is 1. The van der Waals surface area contributed by atoms with Gasteiger partial charge in [-0.15, -0.1) is 11.3 Å². The zero-order valence-corrected chi connectivity index (χ0v) is 19.2. The van der Waals surface area contributed by atoms with E-state index in [0.29, 0.717) is 10.7 Å². The summed E-state index contributed by atoms with van der Waals surface area (Å²) < 4.78 is 44.5. The van der Waals surface area contributed by atoms with Gasteiger partial charge < -0.3 is 4.74 Å². The van der Waals surface area contributed by atoms with Gasteiger partial charge in [-0.05, 0) is 29.8 Å². The molecule has 0 aliphatic heterocycles. The topological polar surface area (TPSA) is 133 Å². The van der Waals surface area contributed by atoms with Gasteiger partial charge in [0.1, 0.15) is 5.75 Å². The fraction of sp³-hybridized carbons (Fsp3) is 0.0435. The second kappa shape index (κ2) is 10.4. The molecule has 0 fully saturated rings. The minimum absolute atomic E-state index is 0.0662. The first-order valence-electron chi connectivity index (χ1n) is 10.2. The number of alkyl halides is 3. The Bertz CT molecular complexity index is 1440. The van der Waals surface area contributed by atoms with Crippen molar-refractivity contribution in [2.75, 3.05) is 5.43 Å². The molecular weight excluding hydrogens is 515 g/mol. The number of nitro groups is 2. The summed E-state index contributed by atoms with van der Waals surface area (Å²) in [5.74, 6) is -0.979. The smallest absolute Gasteiger partial charge is 0.416 e. The van der Waals surface area contributed by atoms with Crippen LogP contribution in [0, 0.1) is 20.2 Å². The van der Waals surface area contributed by atoms with Crippen LogP contribution in [0.2, 0.25) is 0 Å². The summed E-state index contributed by atoms with van der Waals surface area (Å²) in [4.78, 5) is 24.8. The fourth-order valence-electron chi connectivity index (χ4n) is 3.11. The third-order valence-corrected chi connectivity index (χ3v) is 5.56. The summed E-state index contributed by atoms with van der Waals surface area (Å²) in [6, 6.07) is 15.6. The number of ether oxygens (including phenoxy) is 1. The van der Waals surface area contributed by atoms with Gasteiger partial charge in [-0.1, -0.05) is 30.3 Å². The standard InChI is InChI=1S/C23H14F3N5O5S/c24-23(25,26)16-10-19(30(32)33)21(20(11-16)31(34)35)36-17-8-6-14(7-9-17)12-27-29-22-28-18(13-37-22)15-4-2-1-3-5-15/h1-13H,(H,28,29). The highest BCUT2D eigenvalue weighted by Crippen LogP contribution is 2.44. The molecule has 14 heteroatoms. The molecule has 0 aliphatic carbocycles. The summed E-state index contributed by atoms with van der Waals surface area (Å²) in [5, 5.41) is 29.2. The van der Waals surface area contributed by atoms with Gasteiger partial charge in [-0.3, -0.25) is 25.7 Å². The highest BCUT2D eigenvalue weighted by atomic mass is 32.1. The van der Waals surface area contributed by atoms with Crippen molar-refractivity contribution in [2.45, 2.75) is 6.18 Å². The van der Waals surface area contributed by atoms with E-state index in [-0.39, 0.29) is 17.9 Å². The Morgan fingerprint density at radius 1 is 0.973 bits per heavy atom. The Labute approximate surface area is 210 Å². The molecule has 37 heavy (non-hydrogen) atoms. The largest absolute Gasteiger partial charge is 0.444 e. The number of nitrogens with one attached hydrogen (secondary N) is 1. The van der Waals surface area contributed by atoms with Crippen molar-refractivity contribution in [1.82, 2.24) is 4.98 Å². The maximum Gasteiger partial charge on any atom is 0.416 e. The molecule has 1 N–H and O–H groups in total. The normalized spacial score (nSPS) is 11.4. The molecule has 188 valence electrons. The van der Waals surface area contributed by atoms with Crippen LogP contribution in [0.4, 0.5) is 29.7 Å². The highest BCUT2D eigenvalue weighted by Gasteiger charge is 2.38. The summed E-state index contributed by atoms with van der Waals surface area (Å²) in [6.45, 7) is 0. The molecule has 4 aromatic rings. The van der Waals surface area contributed by atoms with E-state index >= 15 is 0 Å². The van der Waals surface area contributed by atoms with E-state index in [4.69, 9.17) is 4.74 Å². The van der Waals surface area contributed by atoms with Gasteiger partial charge in [0.05, 0.1) is 27.3 Å². The van der Waals surface area contributed by atoms with Crippen molar-refractivity contribution >= 4 is 34.1 Å². The third-order valence-electron chi connectivity index (χ3n) is 4.82. The maximum atomic E-state index is 13.1. The number of aromatic nitrogens is 1. The lowest BCUT2D eigenvalue weighted by atomic mass is 10.1. The van der Waals surface area contributed by atoms with Crippen LogP contribution in [-0.2, 0) is 6.18 Å². The van der Waals surface area contributed by atoms with Crippen LogP contribution in [0.25, 0.3) is 11.3 Å². The number of nitrogens with zero attached hydrogens (tertiary/aromatic N) is 4. The van der Waals surface area contributed by atoms with Crippen LogP contribution in [0.15, 0.2) is 77.2 Å².